The smallest absolute Gasteiger partial charge is 0.357 e. The zero-order chi connectivity index (χ0) is 24.6. The first kappa shape index (κ1) is 23.0. The summed E-state index contributed by atoms with van der Waals surface area (Å²) >= 11 is 0. The van der Waals surface area contributed by atoms with Gasteiger partial charge in [0.2, 0.25) is 5.95 Å². The minimum Gasteiger partial charge on any atom is -0.357 e. The molecule has 7 nitrogen and oxygen atoms in total. The molecule has 0 aliphatic carbocycles. The molecule has 3 heterocycles. The normalized spacial score (nSPS) is 11.5. The summed E-state index contributed by atoms with van der Waals surface area (Å²) in [4.78, 5) is 28.8. The van der Waals surface area contributed by atoms with E-state index in [-0.39, 0.29) is 11.1 Å². The van der Waals surface area contributed by atoms with Gasteiger partial charge in [-0.3, -0.25) is 9.78 Å². The van der Waals surface area contributed by atoms with Crippen LogP contribution in [0.1, 0.15) is 21.6 Å². The summed E-state index contributed by atoms with van der Waals surface area (Å²) in [6.07, 6.45) is -1.28. The molecule has 1 N–H and O–H groups in total. The summed E-state index contributed by atoms with van der Waals surface area (Å²) in [5.41, 5.74) is 0.782. The lowest BCUT2D eigenvalue weighted by Crippen LogP contribution is -2.43. The van der Waals surface area contributed by atoms with Gasteiger partial charge in [0.25, 0.3) is 5.91 Å². The molecule has 0 bridgehead atoms. The van der Waals surface area contributed by atoms with Crippen LogP contribution in [0.5, 0.6) is 0 Å². The van der Waals surface area contributed by atoms with Gasteiger partial charge in [-0.2, -0.15) is 4.98 Å². The molecule has 0 aliphatic heterocycles. The van der Waals surface area contributed by atoms with Gasteiger partial charge in [-0.15, -0.1) is 13.2 Å². The number of rotatable bonds is 4. The Hall–Kier alpha value is -4.15. The standard InChI is InChI=1S/C23H18F4N6O/c1-12-8-18(24)19(33(23(25,26)27)21(34)14-4-6-29-7-5-14)10-16(12)17-9-15-11-30-22(28-3)32-20(15)31-13(17)2/h4-11H,1-3H3,(H,28,30,31,32). The van der Waals surface area contributed by atoms with Crippen LogP contribution in [0.4, 0.5) is 29.2 Å². The molecule has 3 aromatic heterocycles. The Labute approximate surface area is 191 Å². The zero-order valence-corrected chi connectivity index (χ0v) is 18.3. The van der Waals surface area contributed by atoms with Crippen LogP contribution in [-0.4, -0.2) is 39.2 Å². The number of halogens is 4. The minimum absolute atomic E-state index is 0.283. The first-order chi connectivity index (χ1) is 16.1. The van der Waals surface area contributed by atoms with E-state index in [9.17, 15) is 22.4 Å². The number of fused-ring (bicyclic) bond motifs is 1. The van der Waals surface area contributed by atoms with Gasteiger partial charge in [0, 0.05) is 47.8 Å². The molecule has 11 heteroatoms. The molecule has 34 heavy (non-hydrogen) atoms. The number of benzene rings is 1. The van der Waals surface area contributed by atoms with E-state index in [1.807, 2.05) is 0 Å². The summed E-state index contributed by atoms with van der Waals surface area (Å²) in [5.74, 6) is -2.25. The molecule has 0 unspecified atom stereocenters. The SMILES string of the molecule is CNc1ncc2cc(-c3cc(N(C(=O)c4ccncc4)C(F)(F)F)c(F)cc3C)c(C)nc2n1. The highest BCUT2D eigenvalue weighted by Gasteiger charge is 2.44. The Balaban J connectivity index is 1.89. The predicted molar refractivity (Wildman–Crippen MR) is 119 cm³/mol. The molecule has 174 valence electrons. The molecular formula is C23H18F4N6O. The predicted octanol–water partition coefficient (Wildman–Crippen LogP) is 5.05. The molecule has 0 aliphatic rings. The topological polar surface area (TPSA) is 83.9 Å². The van der Waals surface area contributed by atoms with Gasteiger partial charge in [0.15, 0.2) is 5.65 Å². The lowest BCUT2D eigenvalue weighted by atomic mass is 9.97. The fraction of sp³-hybridized carbons (Fsp3) is 0.174. The molecule has 4 aromatic rings. The maximum atomic E-state index is 14.9. The Bertz CT molecular complexity index is 1390. The number of amides is 1. The molecular weight excluding hydrogens is 452 g/mol. The summed E-state index contributed by atoms with van der Waals surface area (Å²) < 4.78 is 56.9. The highest BCUT2D eigenvalue weighted by atomic mass is 19.4. The first-order valence-electron chi connectivity index (χ1n) is 10.0. The maximum Gasteiger partial charge on any atom is 0.491 e. The monoisotopic (exact) mass is 470 g/mol. The van der Waals surface area contributed by atoms with Crippen LogP contribution in [0.15, 0.2) is 48.9 Å². The van der Waals surface area contributed by atoms with Crippen LogP contribution in [0.25, 0.3) is 22.2 Å². The van der Waals surface area contributed by atoms with E-state index in [1.165, 1.54) is 18.6 Å². The van der Waals surface area contributed by atoms with Gasteiger partial charge in [-0.25, -0.2) is 19.3 Å². The Morgan fingerprint density at radius 2 is 1.74 bits per heavy atom. The number of nitrogens with one attached hydrogen (secondary N) is 1. The number of carbonyl (C=O) groups excluding carboxylic acids is 1. The van der Waals surface area contributed by atoms with Gasteiger partial charge in [-0.05, 0) is 55.3 Å². The molecule has 1 amide bonds. The Morgan fingerprint density at radius 3 is 2.38 bits per heavy atom. The highest BCUT2D eigenvalue weighted by molar-refractivity contribution is 6.07. The molecule has 0 fully saturated rings. The van der Waals surface area contributed by atoms with E-state index in [2.05, 4.69) is 25.3 Å². The second-order valence-electron chi connectivity index (χ2n) is 7.44. The second kappa shape index (κ2) is 8.65. The molecule has 0 saturated heterocycles. The summed E-state index contributed by atoms with van der Waals surface area (Å²) in [7, 11) is 1.66. The molecule has 4 rings (SSSR count). The van der Waals surface area contributed by atoms with Crippen molar-refractivity contribution in [1.29, 1.82) is 0 Å². The fourth-order valence-corrected chi connectivity index (χ4v) is 3.55. The lowest BCUT2D eigenvalue weighted by molar-refractivity contribution is -0.122. The van der Waals surface area contributed by atoms with E-state index < -0.39 is 28.6 Å². The van der Waals surface area contributed by atoms with Crippen LogP contribution < -0.4 is 10.2 Å². The van der Waals surface area contributed by atoms with E-state index in [0.29, 0.717) is 33.8 Å². The van der Waals surface area contributed by atoms with Crippen molar-refractivity contribution < 1.29 is 22.4 Å². The number of aromatic nitrogens is 4. The van der Waals surface area contributed by atoms with Crippen LogP contribution in [0.3, 0.4) is 0 Å². The number of alkyl halides is 3. The number of pyridine rings is 2. The number of nitrogens with zero attached hydrogens (tertiary/aromatic N) is 5. The van der Waals surface area contributed by atoms with Crippen molar-refractivity contribution in [3.8, 4) is 11.1 Å². The van der Waals surface area contributed by atoms with E-state index in [0.717, 1.165) is 24.3 Å². The van der Waals surface area contributed by atoms with Gasteiger partial charge >= 0.3 is 6.30 Å². The lowest BCUT2D eigenvalue weighted by Gasteiger charge is -2.26. The minimum atomic E-state index is -5.18. The molecule has 0 spiro atoms. The molecule has 0 atom stereocenters. The molecule has 0 radical (unpaired) electrons. The highest BCUT2D eigenvalue weighted by Crippen LogP contribution is 2.38. The number of aryl methyl sites for hydroxylation is 2. The van der Waals surface area contributed by atoms with Crippen molar-refractivity contribution >= 4 is 28.6 Å². The van der Waals surface area contributed by atoms with Crippen molar-refractivity contribution in [2.45, 2.75) is 20.1 Å². The summed E-state index contributed by atoms with van der Waals surface area (Å²) in [6.45, 7) is 3.23. The second-order valence-corrected chi connectivity index (χ2v) is 7.44. The van der Waals surface area contributed by atoms with Crippen LogP contribution in [0, 0.1) is 19.7 Å². The third-order valence-corrected chi connectivity index (χ3v) is 5.19. The van der Waals surface area contributed by atoms with Crippen molar-refractivity contribution in [3.05, 3.63) is 71.6 Å². The average Bonchev–Trinajstić information content (AvgIpc) is 2.79. The van der Waals surface area contributed by atoms with E-state index in [4.69, 9.17) is 0 Å². The van der Waals surface area contributed by atoms with Crippen LogP contribution in [0.2, 0.25) is 0 Å². The zero-order valence-electron chi connectivity index (χ0n) is 18.3. The third kappa shape index (κ3) is 4.24. The molecule has 1 aromatic carbocycles. The van der Waals surface area contributed by atoms with Crippen molar-refractivity contribution in [2.24, 2.45) is 0 Å². The number of hydrogen-bond donors (Lipinski definition) is 1. The van der Waals surface area contributed by atoms with Crippen LogP contribution >= 0.6 is 0 Å². The molecule has 0 saturated carbocycles. The van der Waals surface area contributed by atoms with Crippen molar-refractivity contribution in [2.75, 3.05) is 17.3 Å². The Kier molecular flexibility index (Phi) is 5.86. The van der Waals surface area contributed by atoms with Crippen molar-refractivity contribution in [1.82, 2.24) is 19.9 Å². The summed E-state index contributed by atoms with van der Waals surface area (Å²) in [6, 6.07) is 5.91. The maximum absolute atomic E-state index is 14.9. The average molecular weight is 470 g/mol. The van der Waals surface area contributed by atoms with Gasteiger partial charge in [0.05, 0.1) is 5.69 Å². The number of hydrogen-bond acceptors (Lipinski definition) is 6. The summed E-state index contributed by atoms with van der Waals surface area (Å²) in [5, 5.41) is 3.35. The number of anilines is 2. The fourth-order valence-electron chi connectivity index (χ4n) is 3.55. The van der Waals surface area contributed by atoms with Gasteiger partial charge < -0.3 is 5.32 Å². The van der Waals surface area contributed by atoms with Gasteiger partial charge in [0.1, 0.15) is 5.82 Å². The van der Waals surface area contributed by atoms with Crippen LogP contribution in [-0.2, 0) is 0 Å². The van der Waals surface area contributed by atoms with E-state index >= 15 is 0 Å². The first-order valence-corrected chi connectivity index (χ1v) is 10.0. The Morgan fingerprint density at radius 1 is 1.03 bits per heavy atom. The number of carbonyl (C=O) groups is 1. The largest absolute Gasteiger partial charge is 0.491 e. The van der Waals surface area contributed by atoms with Gasteiger partial charge in [-0.1, -0.05) is 0 Å². The van der Waals surface area contributed by atoms with Crippen molar-refractivity contribution in [3.63, 3.8) is 0 Å². The third-order valence-electron chi connectivity index (χ3n) is 5.19. The quantitative estimate of drug-likeness (QED) is 0.332. The van der Waals surface area contributed by atoms with E-state index in [1.54, 1.807) is 27.0 Å².